The quantitative estimate of drug-likeness (QED) is 0.887. The molecular formula is C17H18FNO. The van der Waals surface area contributed by atoms with Gasteiger partial charge in [0.25, 0.3) is 0 Å². The minimum Gasteiger partial charge on any atom is -0.352 e. The average molecular weight is 271 g/mol. The van der Waals surface area contributed by atoms with Gasteiger partial charge in [-0.05, 0) is 25.0 Å². The fourth-order valence-electron chi connectivity index (χ4n) is 2.05. The number of hydrogen-bond acceptors (Lipinski definition) is 1. The maximum absolute atomic E-state index is 13.4. The molecule has 0 aliphatic rings. The molecule has 0 bridgehead atoms. The Hall–Kier alpha value is -2.16. The molecule has 1 N–H and O–H groups in total. The zero-order chi connectivity index (χ0) is 14.4. The molecule has 0 saturated carbocycles. The Morgan fingerprint density at radius 3 is 2.70 bits per heavy atom. The highest BCUT2D eigenvalue weighted by atomic mass is 19.1. The van der Waals surface area contributed by atoms with Gasteiger partial charge in [-0.25, -0.2) is 4.39 Å². The largest absolute Gasteiger partial charge is 0.352 e. The molecule has 2 aromatic rings. The van der Waals surface area contributed by atoms with Gasteiger partial charge in [-0.15, -0.1) is 0 Å². The Labute approximate surface area is 118 Å². The zero-order valence-electron chi connectivity index (χ0n) is 11.5. The maximum atomic E-state index is 13.4. The lowest BCUT2D eigenvalue weighted by Gasteiger charge is -2.06. The molecule has 0 aliphatic heterocycles. The summed E-state index contributed by atoms with van der Waals surface area (Å²) in [6, 6.07) is 14.6. The predicted molar refractivity (Wildman–Crippen MR) is 77.7 cm³/mol. The molecule has 2 rings (SSSR count). The second kappa shape index (κ2) is 6.85. The molecule has 0 fully saturated rings. The van der Waals surface area contributed by atoms with Crippen LogP contribution in [0.2, 0.25) is 0 Å². The Morgan fingerprint density at radius 1 is 1.15 bits per heavy atom. The van der Waals surface area contributed by atoms with Crippen molar-refractivity contribution in [2.75, 3.05) is 0 Å². The predicted octanol–water partition coefficient (Wildman–Crippen LogP) is 3.38. The Bertz CT molecular complexity index is 595. The monoisotopic (exact) mass is 271 g/mol. The number of aryl methyl sites for hydroxylation is 2. The molecule has 104 valence electrons. The van der Waals surface area contributed by atoms with Crippen molar-refractivity contribution in [1.82, 2.24) is 5.32 Å². The van der Waals surface area contributed by atoms with Crippen LogP contribution in [0.5, 0.6) is 0 Å². The fourth-order valence-corrected chi connectivity index (χ4v) is 2.05. The van der Waals surface area contributed by atoms with Gasteiger partial charge >= 0.3 is 0 Å². The molecule has 0 heterocycles. The van der Waals surface area contributed by atoms with Gasteiger partial charge in [-0.2, -0.15) is 0 Å². The number of nitrogens with one attached hydrogen (secondary N) is 1. The number of halogens is 1. The van der Waals surface area contributed by atoms with Crippen molar-refractivity contribution in [1.29, 1.82) is 0 Å². The standard InChI is InChI=1S/C17H18FNO/c1-13-5-4-6-14(11-13)9-10-17(20)19-12-15-7-2-3-8-16(15)18/h2-8,11H,9-10,12H2,1H3,(H,19,20). The van der Waals surface area contributed by atoms with E-state index in [-0.39, 0.29) is 18.3 Å². The molecule has 1 amide bonds. The highest BCUT2D eigenvalue weighted by Gasteiger charge is 2.05. The van der Waals surface area contributed by atoms with Crippen molar-refractivity contribution in [3.05, 3.63) is 71.0 Å². The summed E-state index contributed by atoms with van der Waals surface area (Å²) in [5.41, 5.74) is 2.84. The van der Waals surface area contributed by atoms with E-state index in [2.05, 4.69) is 11.4 Å². The van der Waals surface area contributed by atoms with E-state index in [1.165, 1.54) is 11.6 Å². The number of hydrogen-bond donors (Lipinski definition) is 1. The second-order valence-electron chi connectivity index (χ2n) is 4.86. The number of carbonyl (C=O) groups excluding carboxylic acids is 1. The minimum atomic E-state index is -0.286. The summed E-state index contributed by atoms with van der Waals surface area (Å²) in [5, 5.41) is 2.75. The van der Waals surface area contributed by atoms with Crippen LogP contribution in [0.1, 0.15) is 23.1 Å². The first kappa shape index (κ1) is 14.3. The smallest absolute Gasteiger partial charge is 0.220 e. The lowest BCUT2D eigenvalue weighted by atomic mass is 10.1. The molecule has 2 nitrogen and oxygen atoms in total. The van der Waals surface area contributed by atoms with Crippen molar-refractivity contribution >= 4 is 5.91 Å². The van der Waals surface area contributed by atoms with Crippen LogP contribution in [0.4, 0.5) is 4.39 Å². The van der Waals surface area contributed by atoms with Gasteiger partial charge in [-0.1, -0.05) is 48.0 Å². The van der Waals surface area contributed by atoms with Gasteiger partial charge in [-0.3, -0.25) is 4.79 Å². The van der Waals surface area contributed by atoms with E-state index in [1.807, 2.05) is 25.1 Å². The summed E-state index contributed by atoms with van der Waals surface area (Å²) >= 11 is 0. The summed E-state index contributed by atoms with van der Waals surface area (Å²) in [7, 11) is 0. The number of benzene rings is 2. The van der Waals surface area contributed by atoms with E-state index in [4.69, 9.17) is 0 Å². The topological polar surface area (TPSA) is 29.1 Å². The Balaban J connectivity index is 1.80. The maximum Gasteiger partial charge on any atom is 0.220 e. The van der Waals surface area contributed by atoms with E-state index < -0.39 is 0 Å². The van der Waals surface area contributed by atoms with Crippen LogP contribution < -0.4 is 5.32 Å². The summed E-state index contributed by atoms with van der Waals surface area (Å²) in [6.07, 6.45) is 1.11. The summed E-state index contributed by atoms with van der Waals surface area (Å²) < 4.78 is 13.4. The first-order valence-electron chi connectivity index (χ1n) is 6.71. The van der Waals surface area contributed by atoms with Gasteiger partial charge in [0.2, 0.25) is 5.91 Å². The molecule has 0 aromatic heterocycles. The van der Waals surface area contributed by atoms with Gasteiger partial charge in [0.1, 0.15) is 5.82 Å². The minimum absolute atomic E-state index is 0.0604. The molecule has 0 unspecified atom stereocenters. The van der Waals surface area contributed by atoms with Crippen LogP contribution >= 0.6 is 0 Å². The lowest BCUT2D eigenvalue weighted by Crippen LogP contribution is -2.23. The van der Waals surface area contributed by atoms with Gasteiger partial charge in [0.05, 0.1) is 0 Å². The summed E-state index contributed by atoms with van der Waals surface area (Å²) in [6.45, 7) is 2.26. The fraction of sp³-hybridized carbons (Fsp3) is 0.235. The first-order valence-corrected chi connectivity index (χ1v) is 6.71. The molecule has 0 radical (unpaired) electrons. The number of carbonyl (C=O) groups is 1. The van der Waals surface area contributed by atoms with E-state index in [0.29, 0.717) is 18.4 Å². The number of rotatable bonds is 5. The summed E-state index contributed by atoms with van der Waals surface area (Å²) in [5.74, 6) is -0.346. The highest BCUT2D eigenvalue weighted by molar-refractivity contribution is 5.76. The van der Waals surface area contributed by atoms with Crippen LogP contribution in [0, 0.1) is 12.7 Å². The third-order valence-electron chi connectivity index (χ3n) is 3.16. The van der Waals surface area contributed by atoms with Crippen LogP contribution in [0.3, 0.4) is 0 Å². The molecule has 3 heteroatoms. The van der Waals surface area contributed by atoms with Crippen molar-refractivity contribution in [2.45, 2.75) is 26.3 Å². The van der Waals surface area contributed by atoms with Crippen molar-refractivity contribution < 1.29 is 9.18 Å². The lowest BCUT2D eigenvalue weighted by molar-refractivity contribution is -0.121. The van der Waals surface area contributed by atoms with Gasteiger partial charge in [0, 0.05) is 18.5 Å². The van der Waals surface area contributed by atoms with Crippen LogP contribution in [-0.4, -0.2) is 5.91 Å². The first-order chi connectivity index (χ1) is 9.65. The highest BCUT2D eigenvalue weighted by Crippen LogP contribution is 2.08. The van der Waals surface area contributed by atoms with E-state index in [9.17, 15) is 9.18 Å². The van der Waals surface area contributed by atoms with Crippen molar-refractivity contribution in [3.63, 3.8) is 0 Å². The molecular weight excluding hydrogens is 253 g/mol. The Morgan fingerprint density at radius 2 is 1.95 bits per heavy atom. The zero-order valence-corrected chi connectivity index (χ0v) is 11.5. The Kier molecular flexibility index (Phi) is 4.88. The van der Waals surface area contributed by atoms with Crippen LogP contribution in [0.15, 0.2) is 48.5 Å². The van der Waals surface area contributed by atoms with E-state index in [0.717, 1.165) is 5.56 Å². The van der Waals surface area contributed by atoms with Crippen molar-refractivity contribution in [2.24, 2.45) is 0 Å². The molecule has 2 aromatic carbocycles. The normalized spacial score (nSPS) is 10.3. The van der Waals surface area contributed by atoms with Crippen LogP contribution in [0.25, 0.3) is 0 Å². The molecule has 0 saturated heterocycles. The van der Waals surface area contributed by atoms with E-state index >= 15 is 0 Å². The SMILES string of the molecule is Cc1cccc(CCC(=O)NCc2ccccc2F)c1. The summed E-state index contributed by atoms with van der Waals surface area (Å²) in [4.78, 5) is 11.8. The third kappa shape index (κ3) is 4.19. The second-order valence-corrected chi connectivity index (χ2v) is 4.86. The number of amides is 1. The van der Waals surface area contributed by atoms with Gasteiger partial charge < -0.3 is 5.32 Å². The molecule has 20 heavy (non-hydrogen) atoms. The van der Waals surface area contributed by atoms with Gasteiger partial charge in [0.15, 0.2) is 0 Å². The van der Waals surface area contributed by atoms with Crippen LogP contribution in [-0.2, 0) is 17.8 Å². The van der Waals surface area contributed by atoms with E-state index in [1.54, 1.807) is 18.2 Å². The third-order valence-corrected chi connectivity index (χ3v) is 3.16. The molecule has 0 spiro atoms. The molecule has 0 aliphatic carbocycles. The average Bonchev–Trinajstić information content (AvgIpc) is 2.44. The van der Waals surface area contributed by atoms with Crippen molar-refractivity contribution in [3.8, 4) is 0 Å². The molecule has 0 atom stereocenters.